The highest BCUT2D eigenvalue weighted by Crippen LogP contribution is 2.43. The van der Waals surface area contributed by atoms with Crippen LogP contribution in [-0.4, -0.2) is 33.3 Å². The van der Waals surface area contributed by atoms with Crippen molar-refractivity contribution in [3.8, 4) is 23.0 Å². The number of rotatable bonds is 7. The molecule has 1 fully saturated rings. The molecule has 2 atom stereocenters. The van der Waals surface area contributed by atoms with Gasteiger partial charge in [0.25, 0.3) is 5.91 Å². The van der Waals surface area contributed by atoms with Crippen LogP contribution in [0.1, 0.15) is 22.7 Å². The monoisotopic (exact) mass is 433 g/mol. The number of hydrogen-bond donors (Lipinski definition) is 0. The topological polar surface area (TPSA) is 57.2 Å². The van der Waals surface area contributed by atoms with Crippen LogP contribution in [0.3, 0.4) is 0 Å². The number of hydrogen-bond acceptors (Lipinski definition) is 5. The Hall–Kier alpha value is -3.67. The molecule has 32 heavy (non-hydrogen) atoms. The molecule has 3 aromatic carbocycles. The van der Waals surface area contributed by atoms with Crippen LogP contribution in [0.15, 0.2) is 60.7 Å². The minimum atomic E-state index is -0.664. The fraction of sp³-hybridized carbons (Fsp3) is 0.269. The fourth-order valence-corrected chi connectivity index (χ4v) is 3.90. The Labute approximate surface area is 188 Å². The Balaban J connectivity index is 1.72. The second kappa shape index (κ2) is 8.83. The molecule has 0 aliphatic carbocycles. The van der Waals surface area contributed by atoms with Gasteiger partial charge < -0.3 is 18.9 Å². The van der Waals surface area contributed by atoms with Crippen LogP contribution in [0.2, 0.25) is 0 Å². The summed E-state index contributed by atoms with van der Waals surface area (Å²) in [5.74, 6) is 2.48. The summed E-state index contributed by atoms with van der Waals surface area (Å²) in [6.07, 6.45) is -0.664. The summed E-state index contributed by atoms with van der Waals surface area (Å²) < 4.78 is 22.2. The summed E-state index contributed by atoms with van der Waals surface area (Å²) in [5, 5.41) is 0. The Morgan fingerprint density at radius 2 is 1.41 bits per heavy atom. The SMILES string of the molecule is COc1ccc(O[C@@H]2C(=O)N(c3ccc(C)c(C)c3)[C@H]2c2ccc(OC)c(OC)c2)cc1. The van der Waals surface area contributed by atoms with E-state index in [0.29, 0.717) is 17.2 Å². The normalized spacial score (nSPS) is 17.5. The number of anilines is 1. The quantitative estimate of drug-likeness (QED) is 0.498. The van der Waals surface area contributed by atoms with Crippen LogP contribution < -0.4 is 23.8 Å². The first kappa shape index (κ1) is 21.6. The van der Waals surface area contributed by atoms with Crippen molar-refractivity contribution in [2.24, 2.45) is 0 Å². The number of carbonyl (C=O) groups excluding carboxylic acids is 1. The molecule has 1 heterocycles. The van der Waals surface area contributed by atoms with Crippen molar-refractivity contribution < 1.29 is 23.7 Å². The predicted octanol–water partition coefficient (Wildman–Crippen LogP) is 4.86. The van der Waals surface area contributed by atoms with E-state index in [1.807, 2.05) is 55.5 Å². The van der Waals surface area contributed by atoms with E-state index in [-0.39, 0.29) is 11.9 Å². The Kier molecular flexibility index (Phi) is 5.95. The molecule has 0 N–H and O–H groups in total. The summed E-state index contributed by atoms with van der Waals surface area (Å²) >= 11 is 0. The summed E-state index contributed by atoms with van der Waals surface area (Å²) in [5.41, 5.74) is 4.04. The molecule has 6 heteroatoms. The number of amides is 1. The van der Waals surface area contributed by atoms with Gasteiger partial charge in [-0.1, -0.05) is 12.1 Å². The fourth-order valence-electron chi connectivity index (χ4n) is 3.90. The average Bonchev–Trinajstić information content (AvgIpc) is 2.82. The van der Waals surface area contributed by atoms with Crippen molar-refractivity contribution in [2.75, 3.05) is 26.2 Å². The maximum absolute atomic E-state index is 13.3. The largest absolute Gasteiger partial charge is 0.497 e. The molecular formula is C26H27NO5. The molecular weight excluding hydrogens is 406 g/mol. The van der Waals surface area contributed by atoms with Gasteiger partial charge in [-0.3, -0.25) is 9.69 Å². The highest BCUT2D eigenvalue weighted by Gasteiger charge is 2.51. The molecule has 1 amide bonds. The minimum absolute atomic E-state index is 0.0937. The highest BCUT2D eigenvalue weighted by atomic mass is 16.5. The van der Waals surface area contributed by atoms with Crippen molar-refractivity contribution in [3.63, 3.8) is 0 Å². The van der Waals surface area contributed by atoms with Crippen LogP contribution in [0.4, 0.5) is 5.69 Å². The van der Waals surface area contributed by atoms with Crippen LogP contribution in [0.25, 0.3) is 0 Å². The molecule has 1 aliphatic rings. The molecule has 0 radical (unpaired) electrons. The molecule has 0 aromatic heterocycles. The standard InChI is InChI=1S/C26H27NO5/c1-16-6-8-19(14-17(16)2)27-24(18-7-13-22(30-4)23(15-18)31-5)25(26(27)28)32-21-11-9-20(29-3)10-12-21/h6-15,24-25H,1-5H3/t24-,25-/m0/s1. The number of aryl methyl sites for hydroxylation is 2. The molecule has 0 unspecified atom stereocenters. The molecule has 1 aliphatic heterocycles. The van der Waals surface area contributed by atoms with E-state index < -0.39 is 6.10 Å². The average molecular weight is 434 g/mol. The zero-order valence-corrected chi connectivity index (χ0v) is 18.9. The summed E-state index contributed by atoms with van der Waals surface area (Å²) in [6.45, 7) is 4.10. The number of methoxy groups -OCH3 is 3. The van der Waals surface area contributed by atoms with Gasteiger partial charge in [0.05, 0.1) is 21.3 Å². The summed E-state index contributed by atoms with van der Waals surface area (Å²) in [4.78, 5) is 15.0. The zero-order chi connectivity index (χ0) is 22.8. The van der Waals surface area contributed by atoms with Crippen LogP contribution in [0, 0.1) is 13.8 Å². The number of nitrogens with zero attached hydrogens (tertiary/aromatic N) is 1. The van der Waals surface area contributed by atoms with Crippen molar-refractivity contribution in [2.45, 2.75) is 26.0 Å². The van der Waals surface area contributed by atoms with Gasteiger partial charge in [0.1, 0.15) is 17.5 Å². The lowest BCUT2D eigenvalue weighted by atomic mass is 9.89. The van der Waals surface area contributed by atoms with Gasteiger partial charge in [0.2, 0.25) is 6.10 Å². The molecule has 0 saturated carbocycles. The van der Waals surface area contributed by atoms with E-state index in [2.05, 4.69) is 6.92 Å². The maximum atomic E-state index is 13.3. The van der Waals surface area contributed by atoms with Crippen LogP contribution in [0.5, 0.6) is 23.0 Å². The third-order valence-corrected chi connectivity index (χ3v) is 5.89. The molecule has 6 nitrogen and oxygen atoms in total. The smallest absolute Gasteiger partial charge is 0.271 e. The second-order valence-electron chi connectivity index (χ2n) is 7.75. The number of ether oxygens (including phenoxy) is 4. The Bertz CT molecular complexity index is 1130. The van der Waals surface area contributed by atoms with E-state index in [9.17, 15) is 4.79 Å². The van der Waals surface area contributed by atoms with E-state index in [1.54, 1.807) is 38.4 Å². The number of β-lactam (4-membered cyclic amide) rings is 1. The van der Waals surface area contributed by atoms with Gasteiger partial charge >= 0.3 is 0 Å². The van der Waals surface area contributed by atoms with Crippen molar-refractivity contribution >= 4 is 11.6 Å². The van der Waals surface area contributed by atoms with Gasteiger partial charge in [0.15, 0.2) is 11.5 Å². The molecule has 0 bridgehead atoms. The van der Waals surface area contributed by atoms with Gasteiger partial charge in [-0.15, -0.1) is 0 Å². The van der Waals surface area contributed by atoms with Gasteiger partial charge in [-0.25, -0.2) is 0 Å². The van der Waals surface area contributed by atoms with Crippen LogP contribution >= 0.6 is 0 Å². The number of benzene rings is 3. The van der Waals surface area contributed by atoms with E-state index in [0.717, 1.165) is 22.6 Å². The lowest BCUT2D eigenvalue weighted by Crippen LogP contribution is -2.61. The Morgan fingerprint density at radius 1 is 0.719 bits per heavy atom. The number of carbonyl (C=O) groups is 1. The second-order valence-corrected chi connectivity index (χ2v) is 7.75. The van der Waals surface area contributed by atoms with E-state index in [1.165, 1.54) is 5.56 Å². The summed E-state index contributed by atoms with van der Waals surface area (Å²) in [7, 11) is 4.81. The lowest BCUT2D eigenvalue weighted by Gasteiger charge is -2.47. The van der Waals surface area contributed by atoms with E-state index in [4.69, 9.17) is 18.9 Å². The van der Waals surface area contributed by atoms with Gasteiger partial charge in [0, 0.05) is 5.69 Å². The first-order chi connectivity index (χ1) is 15.5. The molecule has 3 aromatic rings. The van der Waals surface area contributed by atoms with Gasteiger partial charge in [-0.2, -0.15) is 0 Å². The van der Waals surface area contributed by atoms with Crippen molar-refractivity contribution in [1.82, 2.24) is 0 Å². The molecule has 0 spiro atoms. The third kappa shape index (κ3) is 3.84. The maximum Gasteiger partial charge on any atom is 0.271 e. The van der Waals surface area contributed by atoms with Crippen molar-refractivity contribution in [3.05, 3.63) is 77.4 Å². The van der Waals surface area contributed by atoms with Crippen LogP contribution in [-0.2, 0) is 4.79 Å². The van der Waals surface area contributed by atoms with Gasteiger partial charge in [-0.05, 0) is 79.1 Å². The Morgan fingerprint density at radius 3 is 2.03 bits per heavy atom. The van der Waals surface area contributed by atoms with E-state index >= 15 is 0 Å². The molecule has 4 rings (SSSR count). The first-order valence-corrected chi connectivity index (χ1v) is 10.4. The van der Waals surface area contributed by atoms with Crippen molar-refractivity contribution in [1.29, 1.82) is 0 Å². The molecule has 1 saturated heterocycles. The molecule has 166 valence electrons. The highest BCUT2D eigenvalue weighted by molar-refractivity contribution is 6.05. The predicted molar refractivity (Wildman–Crippen MR) is 123 cm³/mol. The first-order valence-electron chi connectivity index (χ1n) is 10.4. The summed E-state index contributed by atoms with van der Waals surface area (Å²) in [6, 6.07) is 18.6. The zero-order valence-electron chi connectivity index (χ0n) is 18.9. The third-order valence-electron chi connectivity index (χ3n) is 5.89. The lowest BCUT2D eigenvalue weighted by molar-refractivity contribution is -0.135. The minimum Gasteiger partial charge on any atom is -0.497 e.